The van der Waals surface area contributed by atoms with Crippen LogP contribution in [0.2, 0.25) is 0 Å². The molecule has 0 bridgehead atoms. The highest BCUT2D eigenvalue weighted by Gasteiger charge is 2.75. The van der Waals surface area contributed by atoms with Gasteiger partial charge in [-0.05, 0) is 37.0 Å². The van der Waals surface area contributed by atoms with Gasteiger partial charge in [-0.2, -0.15) is 5.26 Å². The van der Waals surface area contributed by atoms with Crippen molar-refractivity contribution in [3.05, 3.63) is 23.3 Å². The van der Waals surface area contributed by atoms with E-state index in [9.17, 15) is 20.3 Å². The zero-order valence-corrected chi connectivity index (χ0v) is 15.5. The number of nitrogens with zero attached hydrogens (tertiary/aromatic N) is 1. The molecule has 0 aromatic rings. The number of Topliss-reactive ketones (excluding diaryl/α,β-unsaturated/α-hetero) is 1. The van der Waals surface area contributed by atoms with Crippen LogP contribution < -0.4 is 0 Å². The van der Waals surface area contributed by atoms with Gasteiger partial charge in [0.05, 0.1) is 24.2 Å². The number of ketones is 1. The molecule has 5 aliphatic rings. The number of nitriles is 1. The van der Waals surface area contributed by atoms with E-state index in [1.165, 1.54) is 5.57 Å². The van der Waals surface area contributed by atoms with Crippen molar-refractivity contribution in [2.75, 3.05) is 6.61 Å². The maximum atomic E-state index is 12.0. The van der Waals surface area contributed by atoms with Gasteiger partial charge in [-0.1, -0.05) is 37.1 Å². The summed E-state index contributed by atoms with van der Waals surface area (Å²) in [6.07, 6.45) is 7.99. The van der Waals surface area contributed by atoms with Gasteiger partial charge in [-0.3, -0.25) is 4.79 Å². The smallest absolute Gasteiger partial charge is 0.137 e. The fraction of sp³-hybridized carbons (Fsp3) is 0.727. The Morgan fingerprint density at radius 2 is 2.15 bits per heavy atom. The van der Waals surface area contributed by atoms with E-state index in [1.807, 2.05) is 0 Å². The van der Waals surface area contributed by atoms with E-state index in [0.29, 0.717) is 18.8 Å². The van der Waals surface area contributed by atoms with Gasteiger partial charge < -0.3 is 10.2 Å². The Labute approximate surface area is 154 Å². The molecule has 2 unspecified atom stereocenters. The molecule has 0 aromatic heterocycles. The minimum Gasteiger partial charge on any atom is -0.393 e. The first-order valence-corrected chi connectivity index (χ1v) is 9.96. The Morgan fingerprint density at radius 3 is 2.85 bits per heavy atom. The Morgan fingerprint density at radius 1 is 1.38 bits per heavy atom. The van der Waals surface area contributed by atoms with Crippen molar-refractivity contribution in [1.82, 2.24) is 0 Å². The third-order valence-corrected chi connectivity index (χ3v) is 8.93. The van der Waals surface area contributed by atoms with Gasteiger partial charge in [0.2, 0.25) is 0 Å². The highest BCUT2D eigenvalue weighted by molar-refractivity contribution is 5.83. The summed E-state index contributed by atoms with van der Waals surface area (Å²) >= 11 is 0. The van der Waals surface area contributed by atoms with Crippen molar-refractivity contribution in [2.45, 2.75) is 51.6 Å². The first-order valence-electron chi connectivity index (χ1n) is 9.96. The van der Waals surface area contributed by atoms with E-state index in [4.69, 9.17) is 0 Å². The van der Waals surface area contributed by atoms with Crippen LogP contribution >= 0.6 is 0 Å². The van der Waals surface area contributed by atoms with Crippen LogP contribution in [0.25, 0.3) is 0 Å². The lowest BCUT2D eigenvalue weighted by Gasteiger charge is -2.56. The Balaban J connectivity index is 1.66. The molecule has 138 valence electrons. The van der Waals surface area contributed by atoms with Crippen LogP contribution in [-0.2, 0) is 4.79 Å². The lowest BCUT2D eigenvalue weighted by molar-refractivity contribution is -0.133. The number of rotatable bonds is 1. The molecule has 0 spiro atoms. The monoisotopic (exact) mass is 353 g/mol. The van der Waals surface area contributed by atoms with Crippen molar-refractivity contribution in [3.63, 3.8) is 0 Å². The van der Waals surface area contributed by atoms with E-state index in [2.05, 4.69) is 32.1 Å². The molecular weight excluding hydrogens is 326 g/mol. The summed E-state index contributed by atoms with van der Waals surface area (Å²) in [5, 5.41) is 31.3. The maximum absolute atomic E-state index is 12.0. The van der Waals surface area contributed by atoms with Crippen LogP contribution in [0, 0.1) is 51.8 Å². The number of allylic oxidation sites excluding steroid dienone is 4. The Kier molecular flexibility index (Phi) is 3.14. The second-order valence-corrected chi connectivity index (χ2v) is 9.82. The predicted octanol–water partition coefficient (Wildman–Crippen LogP) is 2.77. The molecule has 0 radical (unpaired) electrons. The summed E-state index contributed by atoms with van der Waals surface area (Å²) in [6.45, 7) is 4.17. The Bertz CT molecular complexity index is 807. The predicted molar refractivity (Wildman–Crippen MR) is 95.6 cm³/mol. The first-order chi connectivity index (χ1) is 12.3. The molecule has 0 saturated heterocycles. The van der Waals surface area contributed by atoms with E-state index in [0.717, 1.165) is 24.8 Å². The van der Waals surface area contributed by atoms with Crippen molar-refractivity contribution in [1.29, 1.82) is 5.26 Å². The van der Waals surface area contributed by atoms with Crippen LogP contribution in [-0.4, -0.2) is 28.2 Å². The Hall–Kier alpha value is -1.44. The standard InChI is InChI=1S/C22H27NO3/c1-20-5-3-14(25)8-13(20)7-12(10-23)18-16(20)4-6-21(2)19(18)15-9-17(15)22(21,26)11-24/h4,7,12,15,17-19,24,26H,3,5-6,8-9,11H2,1-2H3/t12-,15+,17-,18?,19?,20-,21-,22-/m0/s1. The quantitative estimate of drug-likeness (QED) is 0.710. The average Bonchev–Trinajstić information content (AvgIpc) is 3.38. The minimum absolute atomic E-state index is 0.108. The van der Waals surface area contributed by atoms with Crippen molar-refractivity contribution < 1.29 is 15.0 Å². The summed E-state index contributed by atoms with van der Waals surface area (Å²) in [7, 11) is 0. The van der Waals surface area contributed by atoms with Crippen LogP contribution in [0.15, 0.2) is 23.3 Å². The summed E-state index contributed by atoms with van der Waals surface area (Å²) in [5.74, 6) is 0.967. The highest BCUT2D eigenvalue weighted by atomic mass is 16.3. The van der Waals surface area contributed by atoms with Gasteiger partial charge in [0.1, 0.15) is 5.78 Å². The lowest BCUT2D eigenvalue weighted by atomic mass is 9.48. The SMILES string of the molecule is C[C@]12CCC(=O)CC1=C[C@@H](C#N)C1C2=CC[C@@]2(C)C1[C@@H]1C[C@@H]1[C@@]2(O)CO. The number of hydrogen-bond donors (Lipinski definition) is 2. The maximum Gasteiger partial charge on any atom is 0.137 e. The summed E-state index contributed by atoms with van der Waals surface area (Å²) < 4.78 is 0. The molecule has 0 aromatic carbocycles. The van der Waals surface area contributed by atoms with Gasteiger partial charge >= 0.3 is 0 Å². The molecular formula is C22H27NO3. The van der Waals surface area contributed by atoms with Crippen LogP contribution in [0.5, 0.6) is 0 Å². The van der Waals surface area contributed by atoms with Gasteiger partial charge in [-0.25, -0.2) is 0 Å². The number of aliphatic hydroxyl groups is 2. The van der Waals surface area contributed by atoms with Crippen molar-refractivity contribution >= 4 is 5.78 Å². The van der Waals surface area contributed by atoms with Crippen LogP contribution in [0.4, 0.5) is 0 Å². The second kappa shape index (κ2) is 4.88. The number of carbonyl (C=O) groups is 1. The number of fused-ring (bicyclic) bond motifs is 7. The normalized spacial score (nSPS) is 54.1. The minimum atomic E-state index is -1.03. The molecule has 3 fully saturated rings. The fourth-order valence-electron chi connectivity index (χ4n) is 7.34. The molecule has 0 amide bonds. The van der Waals surface area contributed by atoms with E-state index in [1.54, 1.807) is 0 Å². The zero-order chi connectivity index (χ0) is 18.5. The van der Waals surface area contributed by atoms with Gasteiger partial charge in [0, 0.05) is 29.6 Å². The molecule has 2 N–H and O–H groups in total. The average molecular weight is 353 g/mol. The summed E-state index contributed by atoms with van der Waals surface area (Å²) in [6, 6.07) is 2.51. The third-order valence-electron chi connectivity index (χ3n) is 8.93. The summed E-state index contributed by atoms with van der Waals surface area (Å²) in [4.78, 5) is 12.0. The molecule has 0 aliphatic heterocycles. The molecule has 26 heavy (non-hydrogen) atoms. The fourth-order valence-corrected chi connectivity index (χ4v) is 7.34. The van der Waals surface area contributed by atoms with Gasteiger partial charge in [0.25, 0.3) is 0 Å². The van der Waals surface area contributed by atoms with E-state index >= 15 is 0 Å². The molecule has 5 aliphatic carbocycles. The topological polar surface area (TPSA) is 81.3 Å². The van der Waals surface area contributed by atoms with Crippen LogP contribution in [0.1, 0.15) is 46.0 Å². The largest absolute Gasteiger partial charge is 0.393 e. The number of carbonyl (C=O) groups excluding carboxylic acids is 1. The highest BCUT2D eigenvalue weighted by Crippen LogP contribution is 2.75. The van der Waals surface area contributed by atoms with Crippen LogP contribution in [0.3, 0.4) is 0 Å². The zero-order valence-electron chi connectivity index (χ0n) is 15.5. The second-order valence-electron chi connectivity index (χ2n) is 9.82. The number of aliphatic hydroxyl groups excluding tert-OH is 1. The first kappa shape index (κ1) is 16.7. The van der Waals surface area contributed by atoms with E-state index in [-0.39, 0.29) is 46.9 Å². The van der Waals surface area contributed by atoms with Crippen molar-refractivity contribution in [3.8, 4) is 6.07 Å². The lowest BCUT2D eigenvalue weighted by Crippen LogP contribution is -2.56. The molecule has 3 saturated carbocycles. The molecule has 0 heterocycles. The van der Waals surface area contributed by atoms with Gasteiger partial charge in [-0.15, -0.1) is 0 Å². The third kappa shape index (κ3) is 1.70. The van der Waals surface area contributed by atoms with E-state index < -0.39 is 5.60 Å². The van der Waals surface area contributed by atoms with Gasteiger partial charge in [0.15, 0.2) is 0 Å². The molecule has 5 rings (SSSR count). The molecule has 8 atom stereocenters. The molecule has 4 heteroatoms. The number of hydrogen-bond acceptors (Lipinski definition) is 4. The van der Waals surface area contributed by atoms with Crippen molar-refractivity contribution in [2.24, 2.45) is 40.4 Å². The summed E-state index contributed by atoms with van der Waals surface area (Å²) in [5.41, 5.74) is 0.957. The molecule has 4 nitrogen and oxygen atoms in total.